The summed E-state index contributed by atoms with van der Waals surface area (Å²) in [6.45, 7) is 14.3. The molecule has 0 spiro atoms. The van der Waals surface area contributed by atoms with Crippen LogP contribution in [0.2, 0.25) is 0 Å². The fraction of sp³-hybridized carbons (Fsp3) is 0.353. The molecule has 0 aromatic heterocycles. The number of hydrogen-bond acceptors (Lipinski definition) is 2. The number of anilines is 1. The first-order chi connectivity index (χ1) is 9.01. The quantitative estimate of drug-likeness (QED) is 0.547. The third-order valence-electron chi connectivity index (χ3n) is 3.81. The molecule has 2 nitrogen and oxygen atoms in total. The molecule has 2 unspecified atom stereocenters. The Morgan fingerprint density at radius 1 is 1.37 bits per heavy atom. The van der Waals surface area contributed by atoms with Crippen molar-refractivity contribution >= 4 is 12.0 Å². The van der Waals surface area contributed by atoms with Gasteiger partial charge in [-0.05, 0) is 25.5 Å². The molecule has 1 aromatic carbocycles. The number of aryl methyl sites for hydroxylation is 1. The highest BCUT2D eigenvalue weighted by atomic mass is 16.1. The lowest BCUT2D eigenvalue weighted by Gasteiger charge is -2.42. The van der Waals surface area contributed by atoms with Crippen LogP contribution in [0.15, 0.2) is 49.6 Å². The smallest absolute Gasteiger partial charge is 0.145 e. The van der Waals surface area contributed by atoms with Crippen molar-refractivity contribution < 1.29 is 4.79 Å². The lowest BCUT2D eigenvalue weighted by Crippen LogP contribution is -2.52. The summed E-state index contributed by atoms with van der Waals surface area (Å²) < 4.78 is 0. The second-order valence-corrected chi connectivity index (χ2v) is 5.05. The van der Waals surface area contributed by atoms with Crippen LogP contribution in [-0.4, -0.2) is 18.4 Å². The topological polar surface area (TPSA) is 20.3 Å². The van der Waals surface area contributed by atoms with E-state index in [1.165, 1.54) is 0 Å². The van der Waals surface area contributed by atoms with Gasteiger partial charge in [0.25, 0.3) is 0 Å². The minimum atomic E-state index is -0.623. The van der Waals surface area contributed by atoms with E-state index in [0.717, 1.165) is 17.5 Å². The molecule has 0 aliphatic heterocycles. The Morgan fingerprint density at radius 2 is 2.00 bits per heavy atom. The number of carbonyl (C=O) groups is 1. The SMILES string of the molecule is C=CCN(c1ccccc1C)C(C)(C=O)C(C)C=C. The van der Waals surface area contributed by atoms with Crippen molar-refractivity contribution in [3.8, 4) is 0 Å². The second kappa shape index (κ2) is 6.37. The van der Waals surface area contributed by atoms with E-state index in [1.807, 2.05) is 44.2 Å². The molecule has 0 N–H and O–H groups in total. The molecule has 19 heavy (non-hydrogen) atoms. The number of para-hydroxylation sites is 1. The minimum Gasteiger partial charge on any atom is -0.355 e. The molecule has 1 aromatic rings. The maximum Gasteiger partial charge on any atom is 0.145 e. The summed E-state index contributed by atoms with van der Waals surface area (Å²) in [5, 5.41) is 0. The standard InChI is InChI=1S/C17H23NO/c1-6-12-18(16-11-9-8-10-14(16)3)17(5,13-19)15(4)7-2/h6-11,13,15H,1-2,12H2,3-5H3. The van der Waals surface area contributed by atoms with E-state index in [2.05, 4.69) is 31.0 Å². The monoisotopic (exact) mass is 257 g/mol. The highest BCUT2D eigenvalue weighted by Crippen LogP contribution is 2.31. The first-order valence-corrected chi connectivity index (χ1v) is 6.54. The summed E-state index contributed by atoms with van der Waals surface area (Å²) in [7, 11) is 0. The van der Waals surface area contributed by atoms with Crippen molar-refractivity contribution in [1.82, 2.24) is 0 Å². The Bertz CT molecular complexity index is 466. The molecule has 0 saturated carbocycles. The van der Waals surface area contributed by atoms with Crippen LogP contribution in [0.25, 0.3) is 0 Å². The fourth-order valence-electron chi connectivity index (χ4n) is 2.21. The number of rotatable bonds is 7. The first kappa shape index (κ1) is 15.2. The van der Waals surface area contributed by atoms with Gasteiger partial charge in [0.2, 0.25) is 0 Å². The van der Waals surface area contributed by atoms with Crippen molar-refractivity contribution in [2.45, 2.75) is 26.3 Å². The van der Waals surface area contributed by atoms with Gasteiger partial charge in [-0.25, -0.2) is 0 Å². The number of aldehydes is 1. The van der Waals surface area contributed by atoms with Gasteiger partial charge in [0.15, 0.2) is 0 Å². The van der Waals surface area contributed by atoms with Crippen molar-refractivity contribution in [1.29, 1.82) is 0 Å². The molecule has 0 bridgehead atoms. The van der Waals surface area contributed by atoms with Gasteiger partial charge >= 0.3 is 0 Å². The van der Waals surface area contributed by atoms with Crippen LogP contribution in [0.4, 0.5) is 5.69 Å². The molecule has 0 fully saturated rings. The van der Waals surface area contributed by atoms with Crippen LogP contribution in [0, 0.1) is 12.8 Å². The van der Waals surface area contributed by atoms with Crippen LogP contribution < -0.4 is 4.90 Å². The molecule has 2 atom stereocenters. The molecule has 0 saturated heterocycles. The van der Waals surface area contributed by atoms with Crippen LogP contribution in [-0.2, 0) is 4.79 Å². The Balaban J connectivity index is 3.34. The van der Waals surface area contributed by atoms with Gasteiger partial charge < -0.3 is 9.69 Å². The third kappa shape index (κ3) is 2.95. The third-order valence-corrected chi connectivity index (χ3v) is 3.81. The lowest BCUT2D eigenvalue weighted by atomic mass is 9.85. The van der Waals surface area contributed by atoms with Crippen LogP contribution in [0.3, 0.4) is 0 Å². The van der Waals surface area contributed by atoms with Crippen molar-refractivity contribution in [2.24, 2.45) is 5.92 Å². The predicted octanol–water partition coefficient (Wildman–Crippen LogP) is 3.77. The van der Waals surface area contributed by atoms with Crippen molar-refractivity contribution in [3.63, 3.8) is 0 Å². The Labute approximate surface area is 116 Å². The van der Waals surface area contributed by atoms with E-state index < -0.39 is 5.54 Å². The van der Waals surface area contributed by atoms with E-state index in [1.54, 1.807) is 0 Å². The van der Waals surface area contributed by atoms with E-state index >= 15 is 0 Å². The molecule has 0 radical (unpaired) electrons. The molecule has 0 aliphatic rings. The highest BCUT2D eigenvalue weighted by Gasteiger charge is 2.36. The maximum absolute atomic E-state index is 11.7. The summed E-state index contributed by atoms with van der Waals surface area (Å²) in [6, 6.07) is 8.08. The van der Waals surface area contributed by atoms with Gasteiger partial charge in [-0.2, -0.15) is 0 Å². The molecular weight excluding hydrogens is 234 g/mol. The van der Waals surface area contributed by atoms with E-state index in [0.29, 0.717) is 6.54 Å². The zero-order valence-corrected chi connectivity index (χ0v) is 12.1. The summed E-state index contributed by atoms with van der Waals surface area (Å²) in [6.07, 6.45) is 4.65. The highest BCUT2D eigenvalue weighted by molar-refractivity contribution is 5.74. The summed E-state index contributed by atoms with van der Waals surface area (Å²) in [4.78, 5) is 13.8. The van der Waals surface area contributed by atoms with Gasteiger partial charge in [0.05, 0.1) is 5.54 Å². The van der Waals surface area contributed by atoms with Gasteiger partial charge in [0.1, 0.15) is 6.29 Å². The molecule has 102 valence electrons. The molecule has 2 heteroatoms. The van der Waals surface area contributed by atoms with E-state index in [9.17, 15) is 4.79 Å². The normalized spacial score (nSPS) is 15.1. The lowest BCUT2D eigenvalue weighted by molar-refractivity contribution is -0.112. The average Bonchev–Trinajstić information content (AvgIpc) is 2.44. The molecule has 0 heterocycles. The fourth-order valence-corrected chi connectivity index (χ4v) is 2.21. The summed E-state index contributed by atoms with van der Waals surface area (Å²) in [5.41, 5.74) is 1.58. The molecular formula is C17H23NO. The Kier molecular flexibility index (Phi) is 5.11. The zero-order valence-electron chi connectivity index (χ0n) is 12.1. The molecule has 0 aliphatic carbocycles. The van der Waals surface area contributed by atoms with Gasteiger partial charge in [-0.15, -0.1) is 13.2 Å². The molecule has 1 rings (SSSR count). The number of benzene rings is 1. The van der Waals surface area contributed by atoms with E-state index in [-0.39, 0.29) is 5.92 Å². The number of nitrogens with zero attached hydrogens (tertiary/aromatic N) is 1. The Morgan fingerprint density at radius 3 is 2.47 bits per heavy atom. The summed E-state index contributed by atoms with van der Waals surface area (Å²) in [5.74, 6) is 0.0459. The number of carbonyl (C=O) groups excluding carboxylic acids is 1. The summed E-state index contributed by atoms with van der Waals surface area (Å²) >= 11 is 0. The zero-order chi connectivity index (χ0) is 14.5. The van der Waals surface area contributed by atoms with Crippen LogP contribution in [0.5, 0.6) is 0 Å². The average molecular weight is 257 g/mol. The van der Waals surface area contributed by atoms with Crippen molar-refractivity contribution in [2.75, 3.05) is 11.4 Å². The van der Waals surface area contributed by atoms with Crippen molar-refractivity contribution in [3.05, 3.63) is 55.1 Å². The van der Waals surface area contributed by atoms with E-state index in [4.69, 9.17) is 0 Å². The van der Waals surface area contributed by atoms with Gasteiger partial charge in [0, 0.05) is 18.2 Å². The molecule has 0 amide bonds. The van der Waals surface area contributed by atoms with Crippen LogP contribution >= 0.6 is 0 Å². The maximum atomic E-state index is 11.7. The number of hydrogen-bond donors (Lipinski definition) is 0. The predicted molar refractivity (Wildman–Crippen MR) is 82.6 cm³/mol. The first-order valence-electron chi connectivity index (χ1n) is 6.54. The van der Waals surface area contributed by atoms with Crippen LogP contribution in [0.1, 0.15) is 19.4 Å². The van der Waals surface area contributed by atoms with Gasteiger partial charge in [-0.1, -0.05) is 37.3 Å². The largest absolute Gasteiger partial charge is 0.355 e. The Hall–Kier alpha value is -1.83. The minimum absolute atomic E-state index is 0.0459. The second-order valence-electron chi connectivity index (χ2n) is 5.05. The van der Waals surface area contributed by atoms with Gasteiger partial charge in [-0.3, -0.25) is 0 Å².